The fraction of sp³-hybridized carbons (Fsp3) is 0. The predicted octanol–water partition coefficient (Wildman–Crippen LogP) is 2.18. The third-order valence-corrected chi connectivity index (χ3v) is 2.95. The van der Waals surface area contributed by atoms with Gasteiger partial charge in [-0.05, 0) is 6.07 Å². The van der Waals surface area contributed by atoms with E-state index in [1.54, 1.807) is 0 Å². The first-order valence-corrected chi connectivity index (χ1v) is 5.57. The lowest BCUT2D eigenvalue weighted by atomic mass is 10.0. The van der Waals surface area contributed by atoms with Crippen molar-refractivity contribution < 1.29 is 24.8 Å². The van der Waals surface area contributed by atoms with E-state index in [1.807, 2.05) is 0 Å². The third-order valence-electron chi connectivity index (χ3n) is 2.95. The first kappa shape index (κ1) is 15.5. The summed E-state index contributed by atoms with van der Waals surface area (Å²) in [5.41, 5.74) is -5.46. The van der Waals surface area contributed by atoms with Crippen molar-refractivity contribution in [2.24, 2.45) is 0 Å². The van der Waals surface area contributed by atoms with Crippen LogP contribution >= 0.6 is 0 Å². The minimum absolute atomic E-state index is 0.608. The number of hydrogen-bond acceptors (Lipinski definition) is 9. The number of aromatic hydroxyl groups is 1. The molecule has 118 valence electrons. The topological polar surface area (TPSA) is 193 Å². The molecule has 0 atom stereocenters. The molecule has 0 amide bonds. The van der Waals surface area contributed by atoms with Gasteiger partial charge in [-0.25, -0.2) is 0 Å². The van der Waals surface area contributed by atoms with Gasteiger partial charge in [-0.3, -0.25) is 40.5 Å². The summed E-state index contributed by atoms with van der Waals surface area (Å²) < 4.78 is 0. The van der Waals surface area contributed by atoms with Gasteiger partial charge in [0.1, 0.15) is 5.39 Å². The van der Waals surface area contributed by atoms with Crippen molar-refractivity contribution >= 4 is 33.5 Å². The zero-order valence-electron chi connectivity index (χ0n) is 10.7. The number of non-ortho nitro benzene ring substituents is 1. The highest BCUT2D eigenvalue weighted by Gasteiger charge is 2.44. The lowest BCUT2D eigenvalue weighted by molar-refractivity contribution is -0.440. The van der Waals surface area contributed by atoms with E-state index in [4.69, 9.17) is 0 Å². The van der Waals surface area contributed by atoms with Crippen LogP contribution in [0.4, 0.5) is 22.7 Å². The van der Waals surface area contributed by atoms with Crippen LogP contribution in [-0.4, -0.2) is 24.8 Å². The molecular weight excluding hydrogens is 320 g/mol. The standard InChI is InChI=1S/C10H4N4O9/c15-10-4-2-1-3-5(11(16)17)6(4)7(12(18)19)8(13(20)21)9(10)14(22)23/h1-3,15H. The zero-order valence-corrected chi connectivity index (χ0v) is 10.7. The molecule has 0 radical (unpaired) electrons. The van der Waals surface area contributed by atoms with E-state index in [2.05, 4.69) is 0 Å². The molecule has 0 aliphatic heterocycles. The van der Waals surface area contributed by atoms with Gasteiger partial charge in [0.2, 0.25) is 5.75 Å². The molecule has 13 nitrogen and oxygen atoms in total. The van der Waals surface area contributed by atoms with Crippen molar-refractivity contribution in [2.45, 2.75) is 0 Å². The number of fused-ring (bicyclic) bond motifs is 1. The van der Waals surface area contributed by atoms with E-state index in [-0.39, 0.29) is 0 Å². The van der Waals surface area contributed by atoms with Crippen LogP contribution in [0, 0.1) is 40.5 Å². The quantitative estimate of drug-likeness (QED) is 0.647. The summed E-state index contributed by atoms with van der Waals surface area (Å²) in [6, 6.07) is 2.80. The van der Waals surface area contributed by atoms with Crippen molar-refractivity contribution in [3.63, 3.8) is 0 Å². The van der Waals surface area contributed by atoms with Gasteiger partial charge in [-0.15, -0.1) is 0 Å². The number of nitro groups is 4. The van der Waals surface area contributed by atoms with Crippen molar-refractivity contribution in [3.8, 4) is 5.75 Å². The number of nitrogens with zero attached hydrogens (tertiary/aromatic N) is 4. The molecule has 0 aromatic heterocycles. The van der Waals surface area contributed by atoms with Gasteiger partial charge in [0, 0.05) is 11.5 Å². The van der Waals surface area contributed by atoms with Crippen LogP contribution in [0.1, 0.15) is 0 Å². The average molecular weight is 324 g/mol. The first-order chi connectivity index (χ1) is 10.7. The Morgan fingerprint density at radius 1 is 0.739 bits per heavy atom. The molecule has 0 aliphatic carbocycles. The lowest BCUT2D eigenvalue weighted by Crippen LogP contribution is -2.04. The number of phenolic OH excluding ortho intramolecular Hbond substituents is 1. The van der Waals surface area contributed by atoms with Gasteiger partial charge in [0.25, 0.3) is 5.69 Å². The van der Waals surface area contributed by atoms with E-state index in [9.17, 15) is 45.6 Å². The molecule has 0 unspecified atom stereocenters. The van der Waals surface area contributed by atoms with Crippen LogP contribution in [0.25, 0.3) is 10.8 Å². The van der Waals surface area contributed by atoms with Gasteiger partial charge in [0.15, 0.2) is 0 Å². The molecule has 13 heteroatoms. The van der Waals surface area contributed by atoms with Crippen molar-refractivity contribution in [1.82, 2.24) is 0 Å². The largest absolute Gasteiger partial charge is 0.501 e. The summed E-state index contributed by atoms with van der Waals surface area (Å²) in [7, 11) is 0. The highest BCUT2D eigenvalue weighted by atomic mass is 16.7. The molecule has 0 saturated heterocycles. The van der Waals surface area contributed by atoms with E-state index in [1.165, 1.54) is 0 Å². The van der Waals surface area contributed by atoms with Crippen LogP contribution in [0.3, 0.4) is 0 Å². The average Bonchev–Trinajstić information content (AvgIpc) is 2.45. The summed E-state index contributed by atoms with van der Waals surface area (Å²) in [6.45, 7) is 0. The maximum Gasteiger partial charge on any atom is 0.427 e. The molecule has 23 heavy (non-hydrogen) atoms. The molecule has 0 spiro atoms. The van der Waals surface area contributed by atoms with E-state index < -0.39 is 59.0 Å². The Kier molecular flexibility index (Phi) is 3.46. The van der Waals surface area contributed by atoms with Crippen LogP contribution < -0.4 is 0 Å². The van der Waals surface area contributed by atoms with Crippen molar-refractivity contribution in [1.29, 1.82) is 0 Å². The van der Waals surface area contributed by atoms with E-state index in [0.29, 0.717) is 0 Å². The minimum atomic E-state index is -1.63. The lowest BCUT2D eigenvalue weighted by Gasteiger charge is -2.05. The summed E-state index contributed by atoms with van der Waals surface area (Å²) in [5, 5.41) is 52.6. The molecule has 0 fully saturated rings. The summed E-state index contributed by atoms with van der Waals surface area (Å²) in [4.78, 5) is 39.0. The molecular formula is C10H4N4O9. The Labute approximate surface area is 124 Å². The van der Waals surface area contributed by atoms with Crippen LogP contribution in [-0.2, 0) is 0 Å². The molecule has 0 heterocycles. The Bertz CT molecular complexity index is 907. The number of benzene rings is 2. The van der Waals surface area contributed by atoms with E-state index >= 15 is 0 Å². The van der Waals surface area contributed by atoms with Gasteiger partial charge >= 0.3 is 17.1 Å². The maximum atomic E-state index is 11.2. The van der Waals surface area contributed by atoms with Crippen molar-refractivity contribution in [3.05, 3.63) is 58.7 Å². The fourth-order valence-corrected chi connectivity index (χ4v) is 2.13. The fourth-order valence-electron chi connectivity index (χ4n) is 2.13. The van der Waals surface area contributed by atoms with Gasteiger partial charge in [-0.1, -0.05) is 6.07 Å². The summed E-state index contributed by atoms with van der Waals surface area (Å²) >= 11 is 0. The Morgan fingerprint density at radius 3 is 1.70 bits per heavy atom. The van der Waals surface area contributed by atoms with Crippen LogP contribution in [0.5, 0.6) is 5.75 Å². The van der Waals surface area contributed by atoms with Crippen LogP contribution in [0.15, 0.2) is 18.2 Å². The number of rotatable bonds is 4. The summed E-state index contributed by atoms with van der Waals surface area (Å²) in [5.74, 6) is -1.26. The Morgan fingerprint density at radius 2 is 1.26 bits per heavy atom. The molecule has 2 aromatic carbocycles. The molecule has 0 saturated carbocycles. The summed E-state index contributed by atoms with van der Waals surface area (Å²) in [6.07, 6.45) is 0. The first-order valence-electron chi connectivity index (χ1n) is 5.57. The van der Waals surface area contributed by atoms with Crippen LogP contribution in [0.2, 0.25) is 0 Å². The molecule has 0 aliphatic rings. The Hall–Kier alpha value is -3.90. The normalized spacial score (nSPS) is 10.4. The third kappa shape index (κ3) is 2.21. The molecule has 0 bridgehead atoms. The SMILES string of the molecule is O=[N+]([O-])c1c([N+](=O)[O-])c([N+](=O)[O-])c2c([N+](=O)[O-])cccc2c1O. The molecule has 2 rings (SSSR count). The number of nitro benzene ring substituents is 4. The number of phenols is 1. The Balaban J connectivity index is 3.27. The zero-order chi connectivity index (χ0) is 17.5. The highest BCUT2D eigenvalue weighted by Crippen LogP contribution is 2.51. The molecule has 1 N–H and O–H groups in total. The van der Waals surface area contributed by atoms with Gasteiger partial charge in [-0.2, -0.15) is 0 Å². The van der Waals surface area contributed by atoms with E-state index in [0.717, 1.165) is 18.2 Å². The maximum absolute atomic E-state index is 11.2. The second kappa shape index (κ2) is 5.14. The second-order valence-electron chi connectivity index (χ2n) is 4.12. The van der Waals surface area contributed by atoms with Gasteiger partial charge < -0.3 is 5.11 Å². The second-order valence-corrected chi connectivity index (χ2v) is 4.12. The number of hydrogen-bond donors (Lipinski definition) is 1. The predicted molar refractivity (Wildman–Crippen MR) is 72.2 cm³/mol. The van der Waals surface area contributed by atoms with Crippen molar-refractivity contribution in [2.75, 3.05) is 0 Å². The monoisotopic (exact) mass is 324 g/mol. The highest BCUT2D eigenvalue weighted by molar-refractivity contribution is 6.08. The van der Waals surface area contributed by atoms with Gasteiger partial charge in [0.05, 0.1) is 19.7 Å². The minimum Gasteiger partial charge on any atom is -0.501 e. The molecule has 2 aromatic rings. The smallest absolute Gasteiger partial charge is 0.427 e.